The summed E-state index contributed by atoms with van der Waals surface area (Å²) in [5, 5.41) is 3.32. The van der Waals surface area contributed by atoms with E-state index >= 15 is 0 Å². The van der Waals surface area contributed by atoms with Crippen LogP contribution in [0.4, 0.5) is 10.2 Å². The van der Waals surface area contributed by atoms with E-state index in [1.807, 2.05) is 42.5 Å². The van der Waals surface area contributed by atoms with Gasteiger partial charge in [-0.15, -0.1) is 0 Å². The van der Waals surface area contributed by atoms with Gasteiger partial charge in [0.05, 0.1) is 11.3 Å². The van der Waals surface area contributed by atoms with Crippen LogP contribution in [0, 0.1) is 5.82 Å². The van der Waals surface area contributed by atoms with Crippen molar-refractivity contribution in [3.05, 3.63) is 129 Å². The zero-order valence-corrected chi connectivity index (χ0v) is 21.9. The fourth-order valence-corrected chi connectivity index (χ4v) is 4.97. The van der Waals surface area contributed by atoms with Gasteiger partial charge in [0.15, 0.2) is 5.78 Å². The van der Waals surface area contributed by atoms with Crippen molar-refractivity contribution in [3.63, 3.8) is 0 Å². The number of rotatable bonds is 9. The number of pyridine rings is 1. The molecule has 4 aromatic rings. The van der Waals surface area contributed by atoms with Gasteiger partial charge >= 0.3 is 5.97 Å². The standard InChI is InChI=1S/C32H30FN3O4/c33-24-14-12-23(13-15-24)30(38)27-18-19-28(37)36(31(27)34)25-16-10-21(11-17-25)20-35-29(22-6-2-1-3-7-22)32(39)40-26-8-4-5-9-26/h1-3,6-7,10-19,26,29,35H,4-5,8-9,20,34H2. The highest BCUT2D eigenvalue weighted by Crippen LogP contribution is 2.25. The Morgan fingerprint density at radius 1 is 0.925 bits per heavy atom. The second-order valence-corrected chi connectivity index (χ2v) is 9.88. The fourth-order valence-electron chi connectivity index (χ4n) is 4.97. The van der Waals surface area contributed by atoms with Gasteiger partial charge < -0.3 is 10.5 Å². The summed E-state index contributed by atoms with van der Waals surface area (Å²) >= 11 is 0. The molecule has 1 heterocycles. The van der Waals surface area contributed by atoms with E-state index in [4.69, 9.17) is 10.5 Å². The quantitative estimate of drug-likeness (QED) is 0.226. The summed E-state index contributed by atoms with van der Waals surface area (Å²) in [4.78, 5) is 38.8. The first-order valence-corrected chi connectivity index (χ1v) is 13.3. The number of ketones is 1. The first kappa shape index (κ1) is 27.0. The van der Waals surface area contributed by atoms with Gasteiger partial charge in [-0.25, -0.2) is 9.18 Å². The van der Waals surface area contributed by atoms with Crippen molar-refractivity contribution in [3.8, 4) is 5.69 Å². The Morgan fingerprint density at radius 2 is 1.60 bits per heavy atom. The number of nitrogen functional groups attached to an aromatic ring is 1. The molecule has 1 aliphatic carbocycles. The summed E-state index contributed by atoms with van der Waals surface area (Å²) in [5.41, 5.74) is 8.49. The molecule has 0 amide bonds. The molecule has 0 aliphatic heterocycles. The van der Waals surface area contributed by atoms with Crippen LogP contribution in [0.5, 0.6) is 0 Å². The maximum absolute atomic E-state index is 13.3. The summed E-state index contributed by atoms with van der Waals surface area (Å²) in [5.74, 6) is -1.17. The van der Waals surface area contributed by atoms with E-state index in [0.717, 1.165) is 36.8 Å². The number of carbonyl (C=O) groups excluding carboxylic acids is 2. The Balaban J connectivity index is 1.34. The number of nitrogens with zero attached hydrogens (tertiary/aromatic N) is 1. The molecule has 7 nitrogen and oxygen atoms in total. The molecule has 3 aromatic carbocycles. The average Bonchev–Trinajstić information content (AvgIpc) is 3.48. The number of esters is 1. The number of carbonyl (C=O) groups is 2. The molecule has 40 heavy (non-hydrogen) atoms. The van der Waals surface area contributed by atoms with Gasteiger partial charge in [-0.05, 0) is 79.3 Å². The van der Waals surface area contributed by atoms with Crippen molar-refractivity contribution in [2.45, 2.75) is 44.4 Å². The van der Waals surface area contributed by atoms with Crippen molar-refractivity contribution in [2.75, 3.05) is 5.73 Å². The zero-order chi connectivity index (χ0) is 28.1. The highest BCUT2D eigenvalue weighted by Gasteiger charge is 2.26. The minimum atomic E-state index is -0.617. The number of hydrogen-bond acceptors (Lipinski definition) is 6. The Kier molecular flexibility index (Phi) is 8.17. The Labute approximate surface area is 231 Å². The Bertz CT molecular complexity index is 1540. The molecule has 1 saturated carbocycles. The molecular weight excluding hydrogens is 509 g/mol. The molecule has 5 rings (SSSR count). The first-order chi connectivity index (χ1) is 19.4. The number of anilines is 1. The predicted molar refractivity (Wildman–Crippen MR) is 151 cm³/mol. The highest BCUT2D eigenvalue weighted by atomic mass is 19.1. The summed E-state index contributed by atoms with van der Waals surface area (Å²) in [6, 6.07) is 23.8. The fraction of sp³-hybridized carbons (Fsp3) is 0.219. The second-order valence-electron chi connectivity index (χ2n) is 9.88. The van der Waals surface area contributed by atoms with Crippen LogP contribution in [0.15, 0.2) is 95.8 Å². The van der Waals surface area contributed by atoms with E-state index in [0.29, 0.717) is 12.2 Å². The molecule has 1 atom stereocenters. The van der Waals surface area contributed by atoms with Gasteiger partial charge in [-0.3, -0.25) is 19.5 Å². The van der Waals surface area contributed by atoms with E-state index in [2.05, 4.69) is 5.32 Å². The maximum atomic E-state index is 13.3. The van der Waals surface area contributed by atoms with Gasteiger partial charge in [0.2, 0.25) is 0 Å². The SMILES string of the molecule is Nc1c(C(=O)c2ccc(F)cc2)ccc(=O)n1-c1ccc(CNC(C(=O)OC2CCCC2)c2ccccc2)cc1. The van der Waals surface area contributed by atoms with Crippen LogP contribution in [0.25, 0.3) is 5.69 Å². The van der Waals surface area contributed by atoms with E-state index < -0.39 is 23.2 Å². The predicted octanol–water partition coefficient (Wildman–Crippen LogP) is 5.11. The molecular formula is C32H30FN3O4. The molecule has 0 spiro atoms. The van der Waals surface area contributed by atoms with Gasteiger partial charge in [0.25, 0.3) is 5.56 Å². The molecule has 0 radical (unpaired) electrons. The van der Waals surface area contributed by atoms with Gasteiger partial charge in [-0.1, -0.05) is 42.5 Å². The number of hydrogen-bond donors (Lipinski definition) is 2. The third kappa shape index (κ3) is 6.02. The Morgan fingerprint density at radius 3 is 2.27 bits per heavy atom. The normalized spacial score (nSPS) is 14.1. The number of aromatic nitrogens is 1. The van der Waals surface area contributed by atoms with Gasteiger partial charge in [0.1, 0.15) is 23.8 Å². The van der Waals surface area contributed by atoms with Crippen molar-refractivity contribution in [2.24, 2.45) is 0 Å². The van der Waals surface area contributed by atoms with Crippen LogP contribution in [0.1, 0.15) is 58.8 Å². The lowest BCUT2D eigenvalue weighted by atomic mass is 10.0. The number of nitrogens with two attached hydrogens (primary N) is 1. The lowest BCUT2D eigenvalue weighted by molar-refractivity contribution is -0.151. The maximum Gasteiger partial charge on any atom is 0.328 e. The molecule has 0 saturated heterocycles. The minimum absolute atomic E-state index is 0.00787. The summed E-state index contributed by atoms with van der Waals surface area (Å²) < 4.78 is 20.4. The smallest absolute Gasteiger partial charge is 0.328 e. The minimum Gasteiger partial charge on any atom is -0.461 e. The third-order valence-electron chi connectivity index (χ3n) is 7.14. The van der Waals surface area contributed by atoms with E-state index in [9.17, 15) is 18.8 Å². The van der Waals surface area contributed by atoms with Crippen molar-refractivity contribution < 1.29 is 18.7 Å². The van der Waals surface area contributed by atoms with Crippen LogP contribution in [-0.4, -0.2) is 22.4 Å². The van der Waals surface area contributed by atoms with E-state index in [1.54, 1.807) is 12.1 Å². The van der Waals surface area contributed by atoms with Crippen molar-refractivity contribution in [1.29, 1.82) is 0 Å². The zero-order valence-electron chi connectivity index (χ0n) is 21.9. The molecule has 3 N–H and O–H groups in total. The van der Waals surface area contributed by atoms with Crippen LogP contribution < -0.4 is 16.6 Å². The number of benzene rings is 3. The van der Waals surface area contributed by atoms with Gasteiger partial charge in [-0.2, -0.15) is 0 Å². The summed E-state index contributed by atoms with van der Waals surface area (Å²) in [6.45, 7) is 0.382. The molecule has 0 bridgehead atoms. The lowest BCUT2D eigenvalue weighted by Gasteiger charge is -2.21. The summed E-state index contributed by atoms with van der Waals surface area (Å²) in [6.07, 6.45) is 3.91. The Hall–Kier alpha value is -4.56. The molecule has 8 heteroatoms. The van der Waals surface area contributed by atoms with E-state index in [1.165, 1.54) is 41.0 Å². The molecule has 1 fully saturated rings. The number of nitrogens with one attached hydrogen (secondary N) is 1. The van der Waals surface area contributed by atoms with Crippen LogP contribution in [-0.2, 0) is 16.1 Å². The van der Waals surface area contributed by atoms with Crippen LogP contribution >= 0.6 is 0 Å². The van der Waals surface area contributed by atoms with Crippen molar-refractivity contribution in [1.82, 2.24) is 9.88 Å². The molecule has 1 aromatic heterocycles. The average molecular weight is 540 g/mol. The van der Waals surface area contributed by atoms with E-state index in [-0.39, 0.29) is 29.0 Å². The highest BCUT2D eigenvalue weighted by molar-refractivity contribution is 6.11. The van der Waals surface area contributed by atoms with Crippen LogP contribution in [0.3, 0.4) is 0 Å². The molecule has 1 aliphatic rings. The third-order valence-corrected chi connectivity index (χ3v) is 7.14. The van der Waals surface area contributed by atoms with Crippen molar-refractivity contribution >= 4 is 17.6 Å². The number of halogens is 1. The topological polar surface area (TPSA) is 103 Å². The number of ether oxygens (including phenoxy) is 1. The largest absolute Gasteiger partial charge is 0.461 e. The van der Waals surface area contributed by atoms with Crippen LogP contribution in [0.2, 0.25) is 0 Å². The lowest BCUT2D eigenvalue weighted by Crippen LogP contribution is -2.32. The molecule has 204 valence electrons. The summed E-state index contributed by atoms with van der Waals surface area (Å²) in [7, 11) is 0. The first-order valence-electron chi connectivity index (χ1n) is 13.3. The monoisotopic (exact) mass is 539 g/mol. The molecule has 1 unspecified atom stereocenters. The second kappa shape index (κ2) is 12.1. The van der Waals surface area contributed by atoms with Gasteiger partial charge in [0, 0.05) is 18.2 Å².